The van der Waals surface area contributed by atoms with Crippen molar-refractivity contribution in [3.8, 4) is 11.8 Å². The van der Waals surface area contributed by atoms with Crippen LogP contribution in [0.25, 0.3) is 0 Å². The summed E-state index contributed by atoms with van der Waals surface area (Å²) in [6, 6.07) is 3.74. The van der Waals surface area contributed by atoms with Crippen molar-refractivity contribution in [1.29, 1.82) is 5.26 Å². The Balaban J connectivity index is 2.33. The van der Waals surface area contributed by atoms with Gasteiger partial charge in [-0.05, 0) is 6.42 Å². The van der Waals surface area contributed by atoms with E-state index in [9.17, 15) is 0 Å². The van der Waals surface area contributed by atoms with Crippen molar-refractivity contribution in [1.82, 2.24) is 4.98 Å². The van der Waals surface area contributed by atoms with E-state index in [1.807, 2.05) is 6.07 Å². The number of ether oxygens (including phenoxy) is 1. The van der Waals surface area contributed by atoms with Gasteiger partial charge in [0.25, 0.3) is 0 Å². The van der Waals surface area contributed by atoms with E-state index in [2.05, 4.69) is 4.98 Å². The molecule has 1 rings (SSSR count). The minimum absolute atomic E-state index is 0.508. The quantitative estimate of drug-likeness (QED) is 0.695. The van der Waals surface area contributed by atoms with E-state index >= 15 is 0 Å². The van der Waals surface area contributed by atoms with Gasteiger partial charge < -0.3 is 4.74 Å². The first kappa shape index (κ1) is 9.82. The van der Waals surface area contributed by atoms with Crippen LogP contribution in [0.5, 0.6) is 5.75 Å². The Morgan fingerprint density at radius 2 is 2.38 bits per heavy atom. The van der Waals surface area contributed by atoms with Crippen molar-refractivity contribution in [3.63, 3.8) is 0 Å². The molecule has 0 unspecified atom stereocenters. The van der Waals surface area contributed by atoms with Crippen LogP contribution in [0.4, 0.5) is 0 Å². The number of halogens is 1. The summed E-state index contributed by atoms with van der Waals surface area (Å²) in [5, 5.41) is 8.82. The van der Waals surface area contributed by atoms with Gasteiger partial charge in [-0.15, -0.1) is 0 Å². The number of hydrogen-bond acceptors (Lipinski definition) is 3. The fourth-order valence-corrected chi connectivity index (χ4v) is 0.976. The normalized spacial score (nSPS) is 9.23. The van der Waals surface area contributed by atoms with Crippen molar-refractivity contribution in [3.05, 3.63) is 23.5 Å². The lowest BCUT2D eigenvalue weighted by atomic mass is 10.3. The predicted octanol–water partition coefficient (Wildman–Crippen LogP) is 2.42. The van der Waals surface area contributed by atoms with Gasteiger partial charge in [-0.1, -0.05) is 11.6 Å². The third-order valence-corrected chi connectivity index (χ3v) is 1.59. The Bertz CT molecular complexity index is 309. The number of unbranched alkanes of at least 4 members (excludes halogenated alkanes) is 1. The predicted molar refractivity (Wildman–Crippen MR) is 49.6 cm³/mol. The zero-order chi connectivity index (χ0) is 9.52. The molecule has 0 aromatic carbocycles. The summed E-state index contributed by atoms with van der Waals surface area (Å²) in [7, 11) is 0. The molecule has 0 saturated carbocycles. The highest BCUT2D eigenvalue weighted by atomic mass is 35.5. The number of nitrogens with zero attached hydrogens (tertiary/aromatic N) is 2. The van der Waals surface area contributed by atoms with Gasteiger partial charge in [0.2, 0.25) is 0 Å². The van der Waals surface area contributed by atoms with Gasteiger partial charge in [0.1, 0.15) is 5.75 Å². The molecule has 0 aliphatic heterocycles. The van der Waals surface area contributed by atoms with Gasteiger partial charge in [-0.2, -0.15) is 5.26 Å². The van der Waals surface area contributed by atoms with E-state index < -0.39 is 0 Å². The van der Waals surface area contributed by atoms with Crippen molar-refractivity contribution in [2.75, 3.05) is 6.61 Å². The largest absolute Gasteiger partial charge is 0.492 e. The van der Waals surface area contributed by atoms with Crippen LogP contribution in [0.3, 0.4) is 0 Å². The monoisotopic (exact) mass is 196 g/mol. The second-order valence-corrected chi connectivity index (χ2v) is 2.89. The molecule has 0 saturated heterocycles. The van der Waals surface area contributed by atoms with Crippen molar-refractivity contribution < 1.29 is 4.74 Å². The third kappa shape index (κ3) is 3.77. The van der Waals surface area contributed by atoms with E-state index in [0.29, 0.717) is 23.8 Å². The van der Waals surface area contributed by atoms with Crippen molar-refractivity contribution >= 4 is 11.6 Å². The molecule has 0 aliphatic rings. The van der Waals surface area contributed by atoms with Gasteiger partial charge in [-0.3, -0.25) is 4.98 Å². The Kier molecular flexibility index (Phi) is 4.07. The highest BCUT2D eigenvalue weighted by Crippen LogP contribution is 2.15. The summed E-state index contributed by atoms with van der Waals surface area (Å²) < 4.78 is 5.29. The molecule has 0 N–H and O–H groups in total. The summed E-state index contributed by atoms with van der Waals surface area (Å²) in [5.74, 6) is 0.644. The van der Waals surface area contributed by atoms with Crippen LogP contribution >= 0.6 is 11.6 Å². The molecule has 0 fully saturated rings. The number of pyridine rings is 1. The van der Waals surface area contributed by atoms with Crippen LogP contribution in [0.1, 0.15) is 12.8 Å². The minimum Gasteiger partial charge on any atom is -0.492 e. The van der Waals surface area contributed by atoms with Gasteiger partial charge >= 0.3 is 0 Å². The van der Waals surface area contributed by atoms with Crippen molar-refractivity contribution in [2.45, 2.75) is 12.8 Å². The molecule has 13 heavy (non-hydrogen) atoms. The molecule has 0 bridgehead atoms. The summed E-state index contributed by atoms with van der Waals surface area (Å²) >= 11 is 5.69. The fourth-order valence-electron chi connectivity index (χ4n) is 0.813. The fraction of sp³-hybridized carbons (Fsp3) is 0.333. The first-order valence-corrected chi connectivity index (χ1v) is 4.31. The number of aromatic nitrogens is 1. The number of nitriles is 1. The molecular weight excluding hydrogens is 188 g/mol. The van der Waals surface area contributed by atoms with E-state index in [1.165, 1.54) is 0 Å². The van der Waals surface area contributed by atoms with E-state index in [0.717, 1.165) is 6.42 Å². The molecule has 0 amide bonds. The summed E-state index contributed by atoms with van der Waals surface area (Å²) in [6.07, 6.45) is 4.37. The van der Waals surface area contributed by atoms with Gasteiger partial charge in [0.05, 0.1) is 23.9 Å². The molecule has 3 nitrogen and oxygen atoms in total. The van der Waals surface area contributed by atoms with Gasteiger partial charge in [-0.25, -0.2) is 0 Å². The molecule has 68 valence electrons. The molecule has 0 aliphatic carbocycles. The zero-order valence-electron chi connectivity index (χ0n) is 7.03. The molecule has 4 heteroatoms. The summed E-state index contributed by atoms with van der Waals surface area (Å²) in [4.78, 5) is 3.86. The molecule has 0 atom stereocenters. The molecule has 1 aromatic heterocycles. The van der Waals surface area contributed by atoms with E-state index in [4.69, 9.17) is 21.6 Å². The summed E-state index contributed by atoms with van der Waals surface area (Å²) in [6.45, 7) is 0.523. The Morgan fingerprint density at radius 1 is 1.54 bits per heavy atom. The second kappa shape index (κ2) is 5.39. The second-order valence-electron chi connectivity index (χ2n) is 2.45. The minimum atomic E-state index is 0.508. The van der Waals surface area contributed by atoms with Gasteiger partial charge in [0.15, 0.2) is 0 Å². The highest BCUT2D eigenvalue weighted by Gasteiger charge is 1.94. The van der Waals surface area contributed by atoms with Crippen LogP contribution in [0, 0.1) is 11.3 Å². The average Bonchev–Trinajstić information content (AvgIpc) is 2.13. The lowest BCUT2D eigenvalue weighted by Gasteiger charge is -2.03. The Morgan fingerprint density at radius 3 is 3.08 bits per heavy atom. The van der Waals surface area contributed by atoms with Crippen LogP contribution in [0.15, 0.2) is 18.5 Å². The zero-order valence-corrected chi connectivity index (χ0v) is 7.79. The Labute approximate surface area is 81.9 Å². The summed E-state index contributed by atoms with van der Waals surface area (Å²) in [5.41, 5.74) is 0. The smallest absolute Gasteiger partial charge is 0.139 e. The van der Waals surface area contributed by atoms with E-state index in [1.54, 1.807) is 18.5 Å². The number of hydrogen-bond donors (Lipinski definition) is 0. The average molecular weight is 197 g/mol. The van der Waals surface area contributed by atoms with Crippen LogP contribution in [0.2, 0.25) is 5.02 Å². The van der Waals surface area contributed by atoms with E-state index in [-0.39, 0.29) is 0 Å². The topological polar surface area (TPSA) is 45.9 Å². The first-order valence-electron chi connectivity index (χ1n) is 3.93. The van der Waals surface area contributed by atoms with Crippen LogP contribution < -0.4 is 4.74 Å². The molecule has 0 radical (unpaired) electrons. The molecular formula is C9H9ClN2O. The maximum Gasteiger partial charge on any atom is 0.139 e. The Hall–Kier alpha value is -1.27. The first-order chi connectivity index (χ1) is 6.33. The third-order valence-electron chi connectivity index (χ3n) is 1.38. The van der Waals surface area contributed by atoms with Gasteiger partial charge in [0, 0.05) is 18.7 Å². The number of rotatable bonds is 4. The lowest BCUT2D eigenvalue weighted by molar-refractivity contribution is 0.311. The van der Waals surface area contributed by atoms with Crippen LogP contribution in [-0.4, -0.2) is 11.6 Å². The maximum atomic E-state index is 8.27. The molecule has 1 heterocycles. The van der Waals surface area contributed by atoms with Crippen LogP contribution in [-0.2, 0) is 0 Å². The SMILES string of the molecule is N#CCCCOc1cncc(Cl)c1. The highest BCUT2D eigenvalue weighted by molar-refractivity contribution is 6.30. The molecule has 0 spiro atoms. The standard InChI is InChI=1S/C9H9ClN2O/c10-8-5-9(7-12-6-8)13-4-2-1-3-11/h5-7H,1-2,4H2. The van der Waals surface area contributed by atoms with Crippen molar-refractivity contribution in [2.24, 2.45) is 0 Å². The maximum absolute atomic E-state index is 8.27. The lowest BCUT2D eigenvalue weighted by Crippen LogP contribution is -1.96. The molecule has 1 aromatic rings.